The molecule has 0 radical (unpaired) electrons. The van der Waals surface area contributed by atoms with Gasteiger partial charge in [-0.05, 0) is 123 Å². The second kappa shape index (κ2) is 22.2. The molecule has 0 aliphatic rings. The number of carbonyl (C=O) groups excluding carboxylic acids is 6. The number of azo groups is 2. The Labute approximate surface area is 397 Å². The van der Waals surface area contributed by atoms with Crippen LogP contribution in [0.25, 0.3) is 0 Å². The van der Waals surface area contributed by atoms with Crippen LogP contribution in [-0.2, 0) is 32.0 Å². The molecule has 0 bridgehead atoms. The first-order valence-corrected chi connectivity index (χ1v) is 21.4. The Bertz CT molecular complexity index is 2520. The monoisotopic (exact) mass is 982 g/mol. The van der Waals surface area contributed by atoms with Crippen LogP contribution in [0.15, 0.2) is 105 Å². The van der Waals surface area contributed by atoms with Crippen molar-refractivity contribution in [3.8, 4) is 0 Å². The van der Waals surface area contributed by atoms with Gasteiger partial charge in [-0.1, -0.05) is 83.5 Å². The van der Waals surface area contributed by atoms with Crippen LogP contribution in [0, 0.1) is 0 Å². The summed E-state index contributed by atoms with van der Waals surface area (Å²) in [4.78, 5) is 78.7. The summed E-state index contributed by atoms with van der Waals surface area (Å²) >= 11 is 36.8. The molecule has 2 atom stereocenters. The Hall–Kier alpha value is -5.74. The van der Waals surface area contributed by atoms with Gasteiger partial charge < -0.3 is 21.3 Å². The van der Waals surface area contributed by atoms with Crippen LogP contribution in [0.3, 0.4) is 0 Å². The van der Waals surface area contributed by atoms with Crippen LogP contribution in [0.4, 0.5) is 34.1 Å². The van der Waals surface area contributed by atoms with Crippen molar-refractivity contribution in [3.63, 3.8) is 0 Å². The average Bonchev–Trinajstić information content (AvgIpc) is 3.21. The zero-order valence-electron chi connectivity index (χ0n) is 34.2. The zero-order valence-corrected chi connectivity index (χ0v) is 38.7. The molecule has 5 rings (SSSR count). The van der Waals surface area contributed by atoms with Crippen LogP contribution in [0.2, 0.25) is 30.1 Å². The molecule has 0 fully saturated rings. The number of ketones is 2. The van der Waals surface area contributed by atoms with Crippen molar-refractivity contribution in [1.29, 1.82) is 0 Å². The number of aryl methyl sites for hydroxylation is 2. The molecular weight excluding hydrogens is 949 g/mol. The van der Waals surface area contributed by atoms with Gasteiger partial charge in [0.05, 0.1) is 32.5 Å². The number of nitrogens with zero attached hydrogens (tertiary/aromatic N) is 4. The van der Waals surface area contributed by atoms with Gasteiger partial charge in [0.1, 0.15) is 0 Å². The molecule has 0 aliphatic heterocycles. The smallest absolute Gasteiger partial charge is 0.258 e. The van der Waals surface area contributed by atoms with Crippen LogP contribution < -0.4 is 21.3 Å². The Kier molecular flexibility index (Phi) is 17.1. The summed E-state index contributed by atoms with van der Waals surface area (Å²) < 4.78 is 0. The van der Waals surface area contributed by atoms with E-state index in [0.29, 0.717) is 66.8 Å². The van der Waals surface area contributed by atoms with E-state index in [0.717, 1.165) is 0 Å². The molecule has 64 heavy (non-hydrogen) atoms. The summed E-state index contributed by atoms with van der Waals surface area (Å²) in [5, 5.41) is 28.4. The third kappa shape index (κ3) is 13.2. The molecule has 2 unspecified atom stereocenters. The number of hydrogen-bond acceptors (Lipinski definition) is 10. The predicted molar refractivity (Wildman–Crippen MR) is 252 cm³/mol. The highest BCUT2D eigenvalue weighted by Gasteiger charge is 2.27. The molecule has 0 saturated heterocycles. The SMILES string of the molecule is CCc1cc(NC(=O)C(N=Nc2ccc(Cl)c(C(=O)Nc3cc(Cl)cc(Cl)c3)c2)C(C)=O)c(CC)cc1NC(=O)C(N=Nc1ccc(Cl)c(C(=O)Nc2cc(Cl)cc(Cl)c2)c1)C(C)=O. The number of amides is 4. The fourth-order valence-corrected chi connectivity index (χ4v) is 7.40. The van der Waals surface area contributed by atoms with Crippen LogP contribution >= 0.6 is 69.6 Å². The minimum atomic E-state index is -1.58. The van der Waals surface area contributed by atoms with Gasteiger partial charge in [0.2, 0.25) is 12.1 Å². The number of Topliss-reactive ketones (excluding diaryl/α,β-unsaturated/α-hetero) is 2. The van der Waals surface area contributed by atoms with E-state index in [-0.39, 0.29) is 32.5 Å². The van der Waals surface area contributed by atoms with E-state index in [2.05, 4.69) is 41.7 Å². The third-order valence-electron chi connectivity index (χ3n) is 9.08. The highest BCUT2D eigenvalue weighted by molar-refractivity contribution is 6.37. The van der Waals surface area contributed by atoms with E-state index in [9.17, 15) is 28.8 Å². The lowest BCUT2D eigenvalue weighted by Gasteiger charge is -2.18. The van der Waals surface area contributed by atoms with Gasteiger partial charge in [-0.3, -0.25) is 28.8 Å². The highest BCUT2D eigenvalue weighted by Crippen LogP contribution is 2.31. The molecule has 0 aliphatic carbocycles. The van der Waals surface area contributed by atoms with Crippen LogP contribution in [0.1, 0.15) is 59.5 Å². The van der Waals surface area contributed by atoms with E-state index in [4.69, 9.17) is 69.6 Å². The standard InChI is InChI=1S/C44H36Cl6N8O6/c1-5-23-11-38(54-44(64)40(22(4)60)58-56-30-8-10-36(50)34(20-30)42(62)52-32-17-27(47)14-28(48)18-32)24(6-2)12-37(23)53-43(63)39(21(3)59)57-55-29-7-9-35(49)33(19-29)41(61)51-31-15-25(45)13-26(46)16-31/h7-20,39-40H,5-6H2,1-4H3,(H,51,61)(H,52,62)(H,53,63)(H,54,64). The molecule has 5 aromatic carbocycles. The normalized spacial score (nSPS) is 12.2. The van der Waals surface area contributed by atoms with Gasteiger partial charge in [0.25, 0.3) is 23.6 Å². The van der Waals surface area contributed by atoms with E-state index < -0.39 is 47.3 Å². The second-order valence-electron chi connectivity index (χ2n) is 13.9. The first-order valence-electron chi connectivity index (χ1n) is 19.1. The Balaban J connectivity index is 1.30. The number of benzene rings is 5. The van der Waals surface area contributed by atoms with Gasteiger partial charge in [-0.25, -0.2) is 0 Å². The lowest BCUT2D eigenvalue weighted by atomic mass is 10.0. The summed E-state index contributed by atoms with van der Waals surface area (Å²) in [6, 6.07) is 17.6. The van der Waals surface area contributed by atoms with Crippen molar-refractivity contribution >= 4 is 139 Å². The van der Waals surface area contributed by atoms with Crippen molar-refractivity contribution < 1.29 is 28.8 Å². The molecular formula is C44H36Cl6N8O6. The number of hydrogen-bond donors (Lipinski definition) is 4. The van der Waals surface area contributed by atoms with Gasteiger partial charge >= 0.3 is 0 Å². The fourth-order valence-electron chi connectivity index (χ4n) is 5.94. The summed E-state index contributed by atoms with van der Waals surface area (Å²) in [5.41, 5.74) is 2.81. The lowest BCUT2D eigenvalue weighted by molar-refractivity contribution is -0.127. The Morgan fingerprint density at radius 3 is 1.14 bits per heavy atom. The quantitative estimate of drug-likeness (QED) is 0.0560. The molecule has 20 heteroatoms. The Morgan fingerprint density at radius 2 is 0.828 bits per heavy atom. The summed E-state index contributed by atoms with van der Waals surface area (Å²) in [5.74, 6) is -4.01. The largest absolute Gasteiger partial charge is 0.323 e. The first-order chi connectivity index (χ1) is 30.3. The first kappa shape index (κ1) is 49.3. The maximum Gasteiger partial charge on any atom is 0.258 e. The molecule has 330 valence electrons. The molecule has 5 aromatic rings. The van der Waals surface area contributed by atoms with E-state index in [1.807, 2.05) is 13.8 Å². The van der Waals surface area contributed by atoms with Crippen LogP contribution in [-0.4, -0.2) is 47.3 Å². The summed E-state index contributed by atoms with van der Waals surface area (Å²) in [6.07, 6.45) is 0.747. The lowest BCUT2D eigenvalue weighted by Crippen LogP contribution is -2.33. The molecule has 4 amide bonds. The average molecular weight is 986 g/mol. The van der Waals surface area contributed by atoms with Crippen molar-refractivity contribution in [2.75, 3.05) is 21.3 Å². The molecule has 0 spiro atoms. The minimum Gasteiger partial charge on any atom is -0.323 e. The third-order valence-corrected chi connectivity index (χ3v) is 10.6. The highest BCUT2D eigenvalue weighted by atomic mass is 35.5. The zero-order chi connectivity index (χ0) is 46.8. The van der Waals surface area contributed by atoms with E-state index in [1.165, 1.54) is 86.6 Å². The predicted octanol–water partition coefficient (Wildman–Crippen LogP) is 12.6. The van der Waals surface area contributed by atoms with E-state index >= 15 is 0 Å². The Morgan fingerprint density at radius 1 is 0.484 bits per heavy atom. The number of rotatable bonds is 16. The molecule has 0 saturated carbocycles. The number of nitrogens with one attached hydrogen (secondary N) is 4. The number of halogens is 6. The summed E-state index contributed by atoms with van der Waals surface area (Å²) in [7, 11) is 0. The number of carbonyl (C=O) groups is 6. The minimum absolute atomic E-state index is 0.0293. The molecule has 4 N–H and O–H groups in total. The maximum absolute atomic E-state index is 13.6. The molecule has 0 aromatic heterocycles. The number of anilines is 4. The maximum atomic E-state index is 13.6. The van der Waals surface area contributed by atoms with Gasteiger partial charge in [-0.15, -0.1) is 0 Å². The van der Waals surface area contributed by atoms with Crippen molar-refractivity contribution in [2.45, 2.75) is 52.6 Å². The van der Waals surface area contributed by atoms with Gasteiger partial charge in [0.15, 0.2) is 11.6 Å². The molecule has 0 heterocycles. The van der Waals surface area contributed by atoms with Crippen LogP contribution in [0.5, 0.6) is 0 Å². The fraction of sp³-hybridized carbons (Fsp3) is 0.182. The topological polar surface area (TPSA) is 200 Å². The van der Waals surface area contributed by atoms with Gasteiger partial charge in [-0.2, -0.15) is 20.5 Å². The van der Waals surface area contributed by atoms with Crippen molar-refractivity contribution in [3.05, 3.63) is 137 Å². The van der Waals surface area contributed by atoms with Crippen molar-refractivity contribution in [1.82, 2.24) is 0 Å². The van der Waals surface area contributed by atoms with Gasteiger partial charge in [0, 0.05) is 42.8 Å². The van der Waals surface area contributed by atoms with Crippen molar-refractivity contribution in [2.24, 2.45) is 20.5 Å². The second-order valence-corrected chi connectivity index (χ2v) is 16.4. The summed E-state index contributed by atoms with van der Waals surface area (Å²) in [6.45, 7) is 6.00. The van der Waals surface area contributed by atoms with E-state index in [1.54, 1.807) is 12.1 Å². The molecule has 14 nitrogen and oxygen atoms in total.